The van der Waals surface area contributed by atoms with Gasteiger partial charge in [0.25, 0.3) is 5.91 Å². The van der Waals surface area contributed by atoms with Gasteiger partial charge in [0.15, 0.2) is 0 Å². The lowest BCUT2D eigenvalue weighted by Gasteiger charge is -2.31. The third-order valence-electron chi connectivity index (χ3n) is 4.97. The molecule has 0 spiro atoms. The molecular weight excluding hydrogens is 294 g/mol. The molecule has 0 aromatic carbocycles. The molecule has 0 radical (unpaired) electrons. The van der Waals surface area contributed by atoms with E-state index in [1.54, 1.807) is 25.1 Å². The molecule has 0 saturated carbocycles. The van der Waals surface area contributed by atoms with Crippen LogP contribution >= 0.6 is 0 Å². The van der Waals surface area contributed by atoms with Crippen molar-refractivity contribution in [3.8, 4) is 6.07 Å². The van der Waals surface area contributed by atoms with Crippen LogP contribution in [-0.2, 0) is 22.4 Å². The Morgan fingerprint density at radius 2 is 2.39 bits per heavy atom. The fourth-order valence-electron chi connectivity index (χ4n) is 3.59. The molecule has 0 aliphatic carbocycles. The van der Waals surface area contributed by atoms with Crippen molar-refractivity contribution < 1.29 is 14.3 Å². The lowest BCUT2D eigenvalue weighted by Crippen LogP contribution is -2.46. The van der Waals surface area contributed by atoms with E-state index >= 15 is 0 Å². The van der Waals surface area contributed by atoms with Gasteiger partial charge in [0.1, 0.15) is 17.4 Å². The van der Waals surface area contributed by atoms with Crippen LogP contribution in [0.1, 0.15) is 41.0 Å². The zero-order valence-corrected chi connectivity index (χ0v) is 13.8. The van der Waals surface area contributed by atoms with Crippen molar-refractivity contribution in [3.63, 3.8) is 0 Å². The molecule has 1 amide bonds. The first-order valence-electron chi connectivity index (χ1n) is 8.11. The molecule has 0 bridgehead atoms. The van der Waals surface area contributed by atoms with Gasteiger partial charge in [-0.1, -0.05) is 0 Å². The molecule has 3 rings (SSSR count). The van der Waals surface area contributed by atoms with Gasteiger partial charge in [0.05, 0.1) is 18.7 Å². The zero-order valence-electron chi connectivity index (χ0n) is 13.8. The third kappa shape index (κ3) is 2.87. The largest absolute Gasteiger partial charge is 0.378 e. The first-order chi connectivity index (χ1) is 11.1. The smallest absolute Gasteiger partial charge is 0.270 e. The van der Waals surface area contributed by atoms with Gasteiger partial charge in [-0.2, -0.15) is 5.26 Å². The van der Waals surface area contributed by atoms with Crippen LogP contribution in [0.3, 0.4) is 0 Å². The quantitative estimate of drug-likeness (QED) is 0.845. The SMILES string of the molecule is COC1(CN(C)C(=O)c2cc(C#N)c3n2CCCC3)CCOC1. The van der Waals surface area contributed by atoms with E-state index < -0.39 is 5.60 Å². The average Bonchev–Trinajstić information content (AvgIpc) is 3.19. The van der Waals surface area contributed by atoms with E-state index in [2.05, 4.69) is 6.07 Å². The Labute approximate surface area is 136 Å². The number of nitrogens with zero attached hydrogens (tertiary/aromatic N) is 3. The van der Waals surface area contributed by atoms with Crippen molar-refractivity contribution in [1.29, 1.82) is 5.26 Å². The summed E-state index contributed by atoms with van der Waals surface area (Å²) in [5, 5.41) is 9.31. The molecule has 1 aromatic rings. The highest BCUT2D eigenvalue weighted by Gasteiger charge is 2.38. The van der Waals surface area contributed by atoms with Gasteiger partial charge >= 0.3 is 0 Å². The molecule has 6 nitrogen and oxygen atoms in total. The Bertz CT molecular complexity index is 638. The molecule has 0 N–H and O–H groups in total. The number of aromatic nitrogens is 1. The van der Waals surface area contributed by atoms with Gasteiger partial charge in [0.2, 0.25) is 0 Å². The number of carbonyl (C=O) groups excluding carboxylic acids is 1. The van der Waals surface area contributed by atoms with Crippen molar-refractivity contribution in [2.24, 2.45) is 0 Å². The van der Waals surface area contributed by atoms with Gasteiger partial charge in [-0.3, -0.25) is 4.79 Å². The van der Waals surface area contributed by atoms with Crippen molar-refractivity contribution >= 4 is 5.91 Å². The van der Waals surface area contributed by atoms with Crippen molar-refractivity contribution in [3.05, 3.63) is 23.0 Å². The van der Waals surface area contributed by atoms with E-state index in [0.29, 0.717) is 31.0 Å². The minimum absolute atomic E-state index is 0.0574. The van der Waals surface area contributed by atoms with Crippen LogP contribution in [0.5, 0.6) is 0 Å². The molecule has 2 aliphatic rings. The number of rotatable bonds is 4. The topological polar surface area (TPSA) is 67.5 Å². The van der Waals surface area contributed by atoms with Gasteiger partial charge in [-0.15, -0.1) is 0 Å². The molecule has 2 aliphatic heterocycles. The van der Waals surface area contributed by atoms with E-state index in [0.717, 1.165) is 37.9 Å². The summed E-state index contributed by atoms with van der Waals surface area (Å²) >= 11 is 0. The lowest BCUT2D eigenvalue weighted by molar-refractivity contribution is -0.0331. The van der Waals surface area contributed by atoms with E-state index in [1.807, 2.05) is 4.57 Å². The number of hydrogen-bond donors (Lipinski definition) is 0. The Balaban J connectivity index is 1.83. The Hall–Kier alpha value is -1.84. The Morgan fingerprint density at radius 3 is 3.04 bits per heavy atom. The minimum atomic E-state index is -0.417. The second kappa shape index (κ2) is 6.34. The normalized spacial score (nSPS) is 23.3. The van der Waals surface area contributed by atoms with Crippen LogP contribution in [0.4, 0.5) is 0 Å². The van der Waals surface area contributed by atoms with E-state index in [9.17, 15) is 10.1 Å². The second-order valence-electron chi connectivity index (χ2n) is 6.46. The maximum Gasteiger partial charge on any atom is 0.270 e. The van der Waals surface area contributed by atoms with Crippen molar-refractivity contribution in [2.45, 2.75) is 37.8 Å². The second-order valence-corrected chi connectivity index (χ2v) is 6.46. The molecule has 1 atom stereocenters. The summed E-state index contributed by atoms with van der Waals surface area (Å²) in [6, 6.07) is 3.96. The first-order valence-corrected chi connectivity index (χ1v) is 8.11. The highest BCUT2D eigenvalue weighted by atomic mass is 16.5. The van der Waals surface area contributed by atoms with E-state index in [-0.39, 0.29) is 5.91 Å². The fourth-order valence-corrected chi connectivity index (χ4v) is 3.59. The van der Waals surface area contributed by atoms with Gasteiger partial charge < -0.3 is 18.9 Å². The number of ether oxygens (including phenoxy) is 2. The molecule has 124 valence electrons. The summed E-state index contributed by atoms with van der Waals surface area (Å²) in [5.41, 5.74) is 1.83. The number of likely N-dealkylation sites (N-methyl/N-ethyl adjacent to an activating group) is 1. The predicted octanol–water partition coefficient (Wildman–Crippen LogP) is 1.57. The highest BCUT2D eigenvalue weighted by Crippen LogP contribution is 2.26. The molecule has 1 unspecified atom stereocenters. The van der Waals surface area contributed by atoms with E-state index in [4.69, 9.17) is 9.47 Å². The van der Waals surface area contributed by atoms with Crippen molar-refractivity contribution in [1.82, 2.24) is 9.47 Å². The predicted molar refractivity (Wildman–Crippen MR) is 84.2 cm³/mol. The van der Waals surface area contributed by atoms with Crippen LogP contribution in [-0.4, -0.2) is 54.9 Å². The summed E-state index contributed by atoms with van der Waals surface area (Å²) in [6.45, 7) is 2.47. The van der Waals surface area contributed by atoms with Crippen LogP contribution in [0.15, 0.2) is 6.07 Å². The molecular formula is C17H23N3O3. The molecule has 23 heavy (non-hydrogen) atoms. The molecule has 6 heteroatoms. The number of hydrogen-bond acceptors (Lipinski definition) is 4. The van der Waals surface area contributed by atoms with Gasteiger partial charge in [0, 0.05) is 39.4 Å². The Kier molecular flexibility index (Phi) is 4.42. The maximum atomic E-state index is 12.9. The number of nitriles is 1. The standard InChI is InChI=1S/C17H23N3O3/c1-19(11-17(22-2)6-8-23-12-17)16(21)15-9-13(10-18)14-5-3-4-7-20(14)15/h9H,3-8,11-12H2,1-2H3. The van der Waals surface area contributed by atoms with Gasteiger partial charge in [-0.25, -0.2) is 0 Å². The highest BCUT2D eigenvalue weighted by molar-refractivity contribution is 5.93. The number of methoxy groups -OCH3 is 1. The van der Waals surface area contributed by atoms with Crippen molar-refractivity contribution in [2.75, 3.05) is 33.9 Å². The van der Waals surface area contributed by atoms with Crippen LogP contribution < -0.4 is 0 Å². The van der Waals surface area contributed by atoms with Gasteiger partial charge in [-0.05, 0) is 25.3 Å². The lowest BCUT2D eigenvalue weighted by atomic mass is 10.0. The van der Waals surface area contributed by atoms with Crippen LogP contribution in [0, 0.1) is 11.3 Å². The number of carbonyl (C=O) groups is 1. The number of fused-ring (bicyclic) bond motifs is 1. The maximum absolute atomic E-state index is 12.9. The summed E-state index contributed by atoms with van der Waals surface area (Å²) in [7, 11) is 3.45. The molecule has 1 saturated heterocycles. The minimum Gasteiger partial charge on any atom is -0.378 e. The van der Waals surface area contributed by atoms with Crippen LogP contribution in [0.2, 0.25) is 0 Å². The van der Waals surface area contributed by atoms with Crippen LogP contribution in [0.25, 0.3) is 0 Å². The zero-order chi connectivity index (χ0) is 16.4. The summed E-state index contributed by atoms with van der Waals surface area (Å²) < 4.78 is 13.1. The average molecular weight is 317 g/mol. The first kappa shape index (κ1) is 16.0. The molecule has 1 aromatic heterocycles. The molecule has 3 heterocycles. The fraction of sp³-hybridized carbons (Fsp3) is 0.647. The Morgan fingerprint density at radius 1 is 1.57 bits per heavy atom. The monoisotopic (exact) mass is 317 g/mol. The van der Waals surface area contributed by atoms with E-state index in [1.165, 1.54) is 0 Å². The molecule has 1 fully saturated rings. The third-order valence-corrected chi connectivity index (χ3v) is 4.97. The summed E-state index contributed by atoms with van der Waals surface area (Å²) in [6.07, 6.45) is 3.78. The summed E-state index contributed by atoms with van der Waals surface area (Å²) in [5.74, 6) is -0.0574. The number of amides is 1. The summed E-state index contributed by atoms with van der Waals surface area (Å²) in [4.78, 5) is 14.6.